The van der Waals surface area contributed by atoms with Crippen LogP contribution in [0.15, 0.2) is 54.6 Å². The molecule has 3 heteroatoms. The fourth-order valence-corrected chi connectivity index (χ4v) is 1.94. The molecular weight excluding hydrogens is 288 g/mol. The van der Waals surface area contributed by atoms with Gasteiger partial charge < -0.3 is 5.11 Å². The highest BCUT2D eigenvalue weighted by Crippen LogP contribution is 2.19. The van der Waals surface area contributed by atoms with Crippen molar-refractivity contribution in [2.24, 2.45) is 0 Å². The summed E-state index contributed by atoms with van der Waals surface area (Å²) < 4.78 is 0. The van der Waals surface area contributed by atoms with Gasteiger partial charge in [0.2, 0.25) is 0 Å². The second-order valence-corrected chi connectivity index (χ2v) is 4.65. The highest BCUT2D eigenvalue weighted by molar-refractivity contribution is 6.09. The Labute approximate surface area is 139 Å². The van der Waals surface area contributed by atoms with Gasteiger partial charge in [0, 0.05) is 24.2 Å². The van der Waals surface area contributed by atoms with E-state index in [2.05, 4.69) is 0 Å². The van der Waals surface area contributed by atoms with Gasteiger partial charge in [-0.3, -0.25) is 9.59 Å². The van der Waals surface area contributed by atoms with Gasteiger partial charge in [0.05, 0.1) is 0 Å². The number of aliphatic hydroxyl groups is 1. The average molecular weight is 314 g/mol. The first-order valence-electron chi connectivity index (χ1n) is 7.74. The van der Waals surface area contributed by atoms with Gasteiger partial charge in [-0.1, -0.05) is 69.3 Å². The third-order valence-corrected chi connectivity index (χ3v) is 3.29. The fraction of sp³-hybridized carbons (Fsp3) is 0.300. The lowest BCUT2D eigenvalue weighted by molar-refractivity contribution is -0.118. The first-order chi connectivity index (χ1) is 11.1. The Bertz CT molecular complexity index is 603. The third kappa shape index (κ3) is 6.17. The molecule has 0 saturated carbocycles. The van der Waals surface area contributed by atoms with Crippen LogP contribution in [-0.2, 0) is 4.79 Å². The fourth-order valence-electron chi connectivity index (χ4n) is 1.94. The number of aliphatic hydroxyl groups excluding tert-OH is 1. The number of carbonyl (C=O) groups is 2. The van der Waals surface area contributed by atoms with Crippen molar-refractivity contribution in [3.63, 3.8) is 0 Å². The van der Waals surface area contributed by atoms with Gasteiger partial charge in [-0.05, 0) is 18.6 Å². The van der Waals surface area contributed by atoms with E-state index >= 15 is 0 Å². The van der Waals surface area contributed by atoms with E-state index in [0.717, 1.165) is 12.7 Å². The lowest BCUT2D eigenvalue weighted by Gasteiger charge is -2.09. The molecule has 1 atom stereocenters. The maximum absolute atomic E-state index is 12.3. The second-order valence-electron chi connectivity index (χ2n) is 4.65. The number of ketones is 2. The zero-order valence-corrected chi connectivity index (χ0v) is 14.5. The van der Waals surface area contributed by atoms with Crippen LogP contribution >= 0.6 is 0 Å². The van der Waals surface area contributed by atoms with Crippen molar-refractivity contribution in [3.8, 4) is 0 Å². The summed E-state index contributed by atoms with van der Waals surface area (Å²) in [7, 11) is 1.00. The molecule has 0 aromatic heterocycles. The summed E-state index contributed by atoms with van der Waals surface area (Å²) in [6, 6.07) is 16.5. The van der Waals surface area contributed by atoms with Gasteiger partial charge >= 0.3 is 0 Å². The van der Waals surface area contributed by atoms with Crippen LogP contribution in [0, 0.1) is 0 Å². The van der Waals surface area contributed by atoms with E-state index in [1.54, 1.807) is 31.2 Å². The van der Waals surface area contributed by atoms with E-state index in [1.807, 2.05) is 51.1 Å². The molecule has 0 heterocycles. The summed E-state index contributed by atoms with van der Waals surface area (Å²) in [5.74, 6) is -0.0916. The van der Waals surface area contributed by atoms with Crippen molar-refractivity contribution < 1.29 is 14.7 Å². The molecule has 0 fully saturated rings. The molecular formula is C20H26O3. The number of benzene rings is 2. The minimum Gasteiger partial charge on any atom is -0.400 e. The van der Waals surface area contributed by atoms with E-state index in [4.69, 9.17) is 5.11 Å². The lowest BCUT2D eigenvalue weighted by Crippen LogP contribution is -2.07. The molecule has 2 aromatic rings. The number of Topliss-reactive ketones (excluding diaryl/α,β-unsaturated/α-hetero) is 1. The highest BCUT2D eigenvalue weighted by Gasteiger charge is 2.14. The predicted molar refractivity (Wildman–Crippen MR) is 94.9 cm³/mol. The zero-order valence-electron chi connectivity index (χ0n) is 14.5. The normalized spacial score (nSPS) is 10.3. The van der Waals surface area contributed by atoms with Crippen molar-refractivity contribution in [1.29, 1.82) is 0 Å². The van der Waals surface area contributed by atoms with Gasteiger partial charge in [-0.25, -0.2) is 0 Å². The maximum atomic E-state index is 12.3. The molecule has 3 nitrogen and oxygen atoms in total. The molecule has 0 radical (unpaired) electrons. The molecule has 1 unspecified atom stereocenters. The van der Waals surface area contributed by atoms with Crippen LogP contribution in [0.5, 0.6) is 0 Å². The molecule has 0 aliphatic heterocycles. The Morgan fingerprint density at radius 3 is 1.91 bits per heavy atom. The predicted octanol–water partition coefficient (Wildman–Crippen LogP) is 4.24. The molecule has 124 valence electrons. The van der Waals surface area contributed by atoms with E-state index in [0.29, 0.717) is 11.1 Å². The average Bonchev–Trinajstić information content (AvgIpc) is 2.64. The summed E-state index contributed by atoms with van der Waals surface area (Å²) in [4.78, 5) is 23.7. The van der Waals surface area contributed by atoms with Crippen LogP contribution in [0.4, 0.5) is 0 Å². The van der Waals surface area contributed by atoms with Gasteiger partial charge in [0.1, 0.15) is 5.78 Å². The van der Waals surface area contributed by atoms with Gasteiger partial charge in [-0.2, -0.15) is 0 Å². The van der Waals surface area contributed by atoms with Crippen LogP contribution in [-0.4, -0.2) is 23.8 Å². The molecule has 1 N–H and O–H groups in total. The SMILES string of the molecule is CC.CC(=O)C(C)c1cccc(C(=O)c2ccccc2)c1.CO. The first-order valence-corrected chi connectivity index (χ1v) is 7.74. The standard InChI is InChI=1S/C17H16O2.C2H6.CH4O/c1-12(13(2)18)15-9-6-10-16(11-15)17(19)14-7-4-3-5-8-14;2*1-2/h3-12H,1-2H3;1-2H3;2H,1H3. The molecule has 0 spiro atoms. The monoisotopic (exact) mass is 314 g/mol. The minimum absolute atomic E-state index is 0.0156. The molecule has 0 amide bonds. The lowest BCUT2D eigenvalue weighted by atomic mass is 9.94. The largest absolute Gasteiger partial charge is 0.400 e. The summed E-state index contributed by atoms with van der Waals surface area (Å²) in [5, 5.41) is 7.00. The van der Waals surface area contributed by atoms with E-state index in [-0.39, 0.29) is 17.5 Å². The van der Waals surface area contributed by atoms with Crippen molar-refractivity contribution in [1.82, 2.24) is 0 Å². The Balaban J connectivity index is 0.00000112. The first kappa shape index (κ1) is 20.7. The van der Waals surface area contributed by atoms with Crippen LogP contribution < -0.4 is 0 Å². The van der Waals surface area contributed by atoms with Crippen LogP contribution in [0.3, 0.4) is 0 Å². The number of rotatable bonds is 4. The van der Waals surface area contributed by atoms with Crippen LogP contribution in [0.25, 0.3) is 0 Å². The number of hydrogen-bond acceptors (Lipinski definition) is 3. The molecule has 23 heavy (non-hydrogen) atoms. The van der Waals surface area contributed by atoms with E-state index in [9.17, 15) is 9.59 Å². The Morgan fingerprint density at radius 2 is 1.39 bits per heavy atom. The summed E-state index contributed by atoms with van der Waals surface area (Å²) in [6.07, 6.45) is 0. The summed E-state index contributed by atoms with van der Waals surface area (Å²) in [5.41, 5.74) is 2.17. The molecule has 0 aliphatic carbocycles. The van der Waals surface area contributed by atoms with Crippen molar-refractivity contribution in [2.45, 2.75) is 33.6 Å². The summed E-state index contributed by atoms with van der Waals surface area (Å²) >= 11 is 0. The van der Waals surface area contributed by atoms with Crippen molar-refractivity contribution in [3.05, 3.63) is 71.3 Å². The highest BCUT2D eigenvalue weighted by atomic mass is 16.2. The van der Waals surface area contributed by atoms with E-state index in [1.165, 1.54) is 0 Å². The van der Waals surface area contributed by atoms with Gasteiger partial charge in [-0.15, -0.1) is 0 Å². The van der Waals surface area contributed by atoms with Crippen molar-refractivity contribution in [2.75, 3.05) is 7.11 Å². The molecule has 0 aliphatic rings. The molecule has 2 aromatic carbocycles. The number of carbonyl (C=O) groups excluding carboxylic acids is 2. The smallest absolute Gasteiger partial charge is 0.193 e. The maximum Gasteiger partial charge on any atom is 0.193 e. The molecule has 0 saturated heterocycles. The van der Waals surface area contributed by atoms with Gasteiger partial charge in [0.15, 0.2) is 5.78 Å². The quantitative estimate of drug-likeness (QED) is 0.859. The molecule has 2 rings (SSSR count). The van der Waals surface area contributed by atoms with E-state index < -0.39 is 0 Å². The second kappa shape index (κ2) is 11.3. The molecule has 0 bridgehead atoms. The third-order valence-electron chi connectivity index (χ3n) is 3.29. The van der Waals surface area contributed by atoms with Crippen LogP contribution in [0.2, 0.25) is 0 Å². The topological polar surface area (TPSA) is 54.4 Å². The Morgan fingerprint density at radius 1 is 0.870 bits per heavy atom. The Kier molecular flexibility index (Phi) is 10.2. The van der Waals surface area contributed by atoms with Crippen molar-refractivity contribution >= 4 is 11.6 Å². The zero-order chi connectivity index (χ0) is 17.8. The summed E-state index contributed by atoms with van der Waals surface area (Å²) in [6.45, 7) is 7.42. The Hall–Kier alpha value is -2.26. The van der Waals surface area contributed by atoms with Gasteiger partial charge in [0.25, 0.3) is 0 Å². The van der Waals surface area contributed by atoms with Crippen LogP contribution in [0.1, 0.15) is 55.1 Å². The minimum atomic E-state index is -0.177. The number of hydrogen-bond donors (Lipinski definition) is 1.